The number of piperidine rings is 1. The van der Waals surface area contributed by atoms with Crippen molar-refractivity contribution in [2.45, 2.75) is 19.3 Å². The van der Waals surface area contributed by atoms with Gasteiger partial charge >= 0.3 is 0 Å². The third-order valence-corrected chi connectivity index (χ3v) is 3.74. The third kappa shape index (κ3) is 5.01. The molecule has 1 atom stereocenters. The van der Waals surface area contributed by atoms with E-state index < -0.39 is 0 Å². The fourth-order valence-electron chi connectivity index (χ4n) is 2.51. The second-order valence-corrected chi connectivity index (χ2v) is 5.46. The fourth-order valence-corrected chi connectivity index (χ4v) is 2.51. The van der Waals surface area contributed by atoms with Crippen LogP contribution in [-0.2, 0) is 4.79 Å². The van der Waals surface area contributed by atoms with Crippen molar-refractivity contribution in [3.05, 3.63) is 30.1 Å². The van der Waals surface area contributed by atoms with Crippen LogP contribution in [0.15, 0.2) is 24.3 Å². The average molecular weight is 294 g/mol. The number of carbonyl (C=O) groups excluding carboxylic acids is 1. The molecule has 1 N–H and O–H groups in total. The molecule has 1 heterocycles. The number of halogens is 1. The fraction of sp³-hybridized carbons (Fsp3) is 0.562. The number of hydrogen-bond donors (Lipinski definition) is 1. The summed E-state index contributed by atoms with van der Waals surface area (Å²) < 4.78 is 18.3. The quantitative estimate of drug-likeness (QED) is 0.817. The lowest BCUT2D eigenvalue weighted by Gasteiger charge is -2.27. The highest BCUT2D eigenvalue weighted by Gasteiger charge is 2.23. The number of ether oxygens (including phenoxy) is 1. The molecule has 0 aliphatic carbocycles. The van der Waals surface area contributed by atoms with Gasteiger partial charge in [-0.2, -0.15) is 0 Å². The Hall–Kier alpha value is -1.62. The monoisotopic (exact) mass is 294 g/mol. The van der Waals surface area contributed by atoms with Crippen LogP contribution in [0.25, 0.3) is 0 Å². The maximum atomic E-state index is 12.7. The number of amides is 1. The van der Waals surface area contributed by atoms with E-state index in [1.807, 2.05) is 7.05 Å². The Labute approximate surface area is 125 Å². The average Bonchev–Trinajstić information content (AvgIpc) is 2.53. The van der Waals surface area contributed by atoms with Crippen molar-refractivity contribution in [1.29, 1.82) is 0 Å². The van der Waals surface area contributed by atoms with E-state index in [0.717, 1.165) is 32.4 Å². The predicted octanol–water partition coefficient (Wildman–Crippen LogP) is 2.05. The molecular weight excluding hydrogens is 271 g/mol. The number of nitrogens with one attached hydrogen (secondary N) is 1. The Kier molecular flexibility index (Phi) is 5.99. The molecule has 0 radical (unpaired) electrons. The van der Waals surface area contributed by atoms with Gasteiger partial charge in [0.2, 0.25) is 5.91 Å². The molecular formula is C16H23FN2O2. The van der Waals surface area contributed by atoms with E-state index in [9.17, 15) is 9.18 Å². The Bertz CT molecular complexity index is 444. The van der Waals surface area contributed by atoms with Gasteiger partial charge in [0, 0.05) is 20.1 Å². The summed E-state index contributed by atoms with van der Waals surface area (Å²) in [5.74, 6) is 0.710. The molecule has 0 aromatic heterocycles. The molecule has 5 heteroatoms. The summed E-state index contributed by atoms with van der Waals surface area (Å²) in [6.45, 7) is 3.00. The van der Waals surface area contributed by atoms with Gasteiger partial charge < -0.3 is 15.0 Å². The molecule has 0 spiro atoms. The first-order valence-electron chi connectivity index (χ1n) is 7.51. The van der Waals surface area contributed by atoms with Gasteiger partial charge in [0.1, 0.15) is 11.6 Å². The number of hydrogen-bond acceptors (Lipinski definition) is 3. The van der Waals surface area contributed by atoms with Gasteiger partial charge in [-0.25, -0.2) is 4.39 Å². The lowest BCUT2D eigenvalue weighted by molar-refractivity contribution is -0.134. The summed E-state index contributed by atoms with van der Waals surface area (Å²) in [5.41, 5.74) is 0. The summed E-state index contributed by atoms with van der Waals surface area (Å²) in [6.07, 6.45) is 2.81. The Morgan fingerprint density at radius 1 is 1.43 bits per heavy atom. The first-order chi connectivity index (χ1) is 10.2. The smallest absolute Gasteiger partial charge is 0.226 e. The van der Waals surface area contributed by atoms with Crippen LogP contribution in [0.4, 0.5) is 4.39 Å². The van der Waals surface area contributed by atoms with Gasteiger partial charge in [-0.15, -0.1) is 0 Å². The van der Waals surface area contributed by atoms with E-state index in [2.05, 4.69) is 5.32 Å². The Morgan fingerprint density at radius 3 is 2.86 bits per heavy atom. The van der Waals surface area contributed by atoms with Crippen LogP contribution in [0.3, 0.4) is 0 Å². The maximum Gasteiger partial charge on any atom is 0.226 e. The van der Waals surface area contributed by atoms with Gasteiger partial charge in [-0.05, 0) is 50.1 Å². The normalized spacial score (nSPS) is 18.3. The zero-order valence-corrected chi connectivity index (χ0v) is 12.5. The topological polar surface area (TPSA) is 41.6 Å². The van der Waals surface area contributed by atoms with Crippen molar-refractivity contribution in [3.8, 4) is 5.75 Å². The number of benzene rings is 1. The minimum Gasteiger partial charge on any atom is -0.494 e. The number of nitrogens with zero attached hydrogens (tertiary/aromatic N) is 1. The van der Waals surface area contributed by atoms with Crippen molar-refractivity contribution in [3.63, 3.8) is 0 Å². The van der Waals surface area contributed by atoms with E-state index >= 15 is 0 Å². The molecule has 21 heavy (non-hydrogen) atoms. The molecule has 1 aromatic rings. The first kappa shape index (κ1) is 15.8. The highest BCUT2D eigenvalue weighted by Crippen LogP contribution is 2.13. The van der Waals surface area contributed by atoms with Gasteiger partial charge in [0.15, 0.2) is 0 Å². The van der Waals surface area contributed by atoms with Crippen LogP contribution in [0.1, 0.15) is 19.3 Å². The van der Waals surface area contributed by atoms with Crippen molar-refractivity contribution < 1.29 is 13.9 Å². The second-order valence-electron chi connectivity index (χ2n) is 5.46. The minimum atomic E-state index is -0.270. The molecule has 1 aliphatic heterocycles. The zero-order valence-electron chi connectivity index (χ0n) is 12.5. The van der Waals surface area contributed by atoms with E-state index in [-0.39, 0.29) is 17.6 Å². The molecule has 2 rings (SSSR count). The van der Waals surface area contributed by atoms with Crippen molar-refractivity contribution in [2.75, 3.05) is 33.3 Å². The molecule has 1 aliphatic rings. The van der Waals surface area contributed by atoms with Crippen LogP contribution in [-0.4, -0.2) is 44.1 Å². The first-order valence-corrected chi connectivity index (χ1v) is 7.51. The molecule has 4 nitrogen and oxygen atoms in total. The van der Waals surface area contributed by atoms with Crippen molar-refractivity contribution >= 4 is 5.91 Å². The Morgan fingerprint density at radius 2 is 2.19 bits per heavy atom. The zero-order chi connectivity index (χ0) is 15.1. The van der Waals surface area contributed by atoms with Crippen LogP contribution in [0.5, 0.6) is 5.75 Å². The van der Waals surface area contributed by atoms with Crippen LogP contribution in [0.2, 0.25) is 0 Å². The lowest BCUT2D eigenvalue weighted by Crippen LogP contribution is -2.41. The largest absolute Gasteiger partial charge is 0.494 e. The SMILES string of the molecule is CN(CCCOc1ccc(F)cc1)C(=O)C1CCCNC1. The van der Waals surface area contributed by atoms with Gasteiger partial charge in [-0.3, -0.25) is 4.79 Å². The predicted molar refractivity (Wildman–Crippen MR) is 79.7 cm³/mol. The molecule has 1 amide bonds. The van der Waals surface area contributed by atoms with Crippen molar-refractivity contribution in [2.24, 2.45) is 5.92 Å². The summed E-state index contributed by atoms with van der Waals surface area (Å²) in [4.78, 5) is 14.0. The second kappa shape index (κ2) is 7.98. The highest BCUT2D eigenvalue weighted by atomic mass is 19.1. The minimum absolute atomic E-state index is 0.113. The van der Waals surface area contributed by atoms with Crippen LogP contribution in [0, 0.1) is 11.7 Å². The molecule has 0 saturated carbocycles. The molecule has 1 aromatic carbocycles. The van der Waals surface area contributed by atoms with Gasteiger partial charge in [0.25, 0.3) is 0 Å². The van der Waals surface area contributed by atoms with Gasteiger partial charge in [0.05, 0.1) is 12.5 Å². The molecule has 1 saturated heterocycles. The number of rotatable bonds is 6. The van der Waals surface area contributed by atoms with E-state index in [1.165, 1.54) is 12.1 Å². The molecule has 0 bridgehead atoms. The Balaban J connectivity index is 1.65. The molecule has 1 fully saturated rings. The van der Waals surface area contributed by atoms with Crippen LogP contribution < -0.4 is 10.1 Å². The summed E-state index contributed by atoms with van der Waals surface area (Å²) in [5, 5.41) is 3.26. The van der Waals surface area contributed by atoms with E-state index in [4.69, 9.17) is 4.74 Å². The van der Waals surface area contributed by atoms with Crippen LogP contribution >= 0.6 is 0 Å². The van der Waals surface area contributed by atoms with E-state index in [0.29, 0.717) is 18.9 Å². The summed E-state index contributed by atoms with van der Waals surface area (Å²) in [7, 11) is 1.84. The maximum absolute atomic E-state index is 12.7. The standard InChI is InChI=1S/C16H23FN2O2/c1-19(16(20)13-4-2-9-18-12-13)10-3-11-21-15-7-5-14(17)6-8-15/h5-8,13,18H,2-4,9-12H2,1H3. The third-order valence-electron chi connectivity index (χ3n) is 3.74. The summed E-state index contributed by atoms with van der Waals surface area (Å²) >= 11 is 0. The highest BCUT2D eigenvalue weighted by molar-refractivity contribution is 5.78. The lowest BCUT2D eigenvalue weighted by atomic mass is 9.98. The van der Waals surface area contributed by atoms with Gasteiger partial charge in [-0.1, -0.05) is 0 Å². The molecule has 116 valence electrons. The van der Waals surface area contributed by atoms with Crippen molar-refractivity contribution in [1.82, 2.24) is 10.2 Å². The van der Waals surface area contributed by atoms with E-state index in [1.54, 1.807) is 17.0 Å². The summed E-state index contributed by atoms with van der Waals surface area (Å²) in [6, 6.07) is 5.97. The molecule has 1 unspecified atom stereocenters. The number of carbonyl (C=O) groups is 1.